The van der Waals surface area contributed by atoms with Crippen molar-refractivity contribution in [2.75, 3.05) is 0 Å². The zero-order valence-electron chi connectivity index (χ0n) is 31.0. The molecule has 0 atom stereocenters. The minimum atomic E-state index is -2.13. The first kappa shape index (κ1) is 26.9. The van der Waals surface area contributed by atoms with Gasteiger partial charge in [0.15, 0.2) is 0 Å². The topological polar surface area (TPSA) is 38.9 Å². The SMILES string of the molecule is [2H]C(C)(C)c1ccnc(-c2[c-]cc(F)c3c2oc2ccccc23)c1.[2H]C([2H])([2H])c1c[c-]c(-c2cc(C([2H])(C)C)c([Si](C)(C)C)cn2)cc1.[Ir]. The van der Waals surface area contributed by atoms with E-state index in [0.717, 1.165) is 27.8 Å². The fourth-order valence-corrected chi connectivity index (χ4v) is 6.58. The molecule has 0 aliphatic heterocycles. The van der Waals surface area contributed by atoms with Gasteiger partial charge in [-0.3, -0.25) is 4.39 Å². The van der Waals surface area contributed by atoms with Crippen molar-refractivity contribution in [1.29, 1.82) is 0 Å². The molecule has 0 fully saturated rings. The maximum absolute atomic E-state index is 14.4. The largest absolute Gasteiger partial charge is 0.500 e. The minimum Gasteiger partial charge on any atom is -0.500 e. The Kier molecular flexibility index (Phi) is 8.37. The summed E-state index contributed by atoms with van der Waals surface area (Å²) in [7, 11) is -1.61. The molecule has 0 amide bonds. The maximum atomic E-state index is 14.4. The zero-order valence-corrected chi connectivity index (χ0v) is 29.4. The molecular weight excluding hydrogens is 740 g/mol. The van der Waals surface area contributed by atoms with Crippen LogP contribution in [0.2, 0.25) is 19.6 Å². The van der Waals surface area contributed by atoms with Crippen molar-refractivity contribution in [2.45, 2.75) is 66.0 Å². The van der Waals surface area contributed by atoms with Gasteiger partial charge in [0.2, 0.25) is 0 Å². The van der Waals surface area contributed by atoms with Crippen LogP contribution in [0.3, 0.4) is 0 Å². The third kappa shape index (κ3) is 7.09. The van der Waals surface area contributed by atoms with Gasteiger partial charge in [-0.15, -0.1) is 47.5 Å². The van der Waals surface area contributed by atoms with Crippen molar-refractivity contribution in [3.05, 3.63) is 114 Å². The van der Waals surface area contributed by atoms with Crippen LogP contribution in [0.1, 0.15) is 63.0 Å². The number of fused-ring (bicyclic) bond motifs is 3. The molecule has 229 valence electrons. The first-order chi connectivity index (χ1) is 22.2. The Morgan fingerprint density at radius 1 is 0.909 bits per heavy atom. The summed E-state index contributed by atoms with van der Waals surface area (Å²) < 4.78 is 59.2. The fraction of sp³-hybridized carbons (Fsp3) is 0.263. The van der Waals surface area contributed by atoms with Crippen LogP contribution in [-0.2, 0) is 20.1 Å². The molecule has 0 saturated carbocycles. The number of para-hydroxylation sites is 1. The van der Waals surface area contributed by atoms with E-state index >= 15 is 0 Å². The van der Waals surface area contributed by atoms with Gasteiger partial charge < -0.3 is 14.4 Å². The number of furan rings is 1. The van der Waals surface area contributed by atoms with Gasteiger partial charge in [0, 0.05) is 50.6 Å². The average Bonchev–Trinajstić information content (AvgIpc) is 3.40. The molecule has 3 aromatic carbocycles. The van der Waals surface area contributed by atoms with Gasteiger partial charge in [0.25, 0.3) is 0 Å². The number of halogens is 1. The van der Waals surface area contributed by atoms with Crippen LogP contribution in [0.25, 0.3) is 44.5 Å². The standard InChI is InChI=1S/C20H15FNO.C18H24NSi.Ir/c1-12(2)13-9-10-22-17(11-13)14-7-8-16(21)19-15-5-3-4-6-18(15)23-20(14)19;1-13(2)16-11-17(15-9-7-14(3)8-10-15)19-12-18(16)20(4,5)6;/h3-6,8-12H,1-2H3;7-9,11-13H,1-6H3;/q2*-1;/i12D;3D3,13D;. The smallest absolute Gasteiger partial charge is 0.121 e. The second-order valence-corrected chi connectivity index (χ2v) is 17.1. The van der Waals surface area contributed by atoms with Crippen LogP contribution < -0.4 is 5.19 Å². The first-order valence-corrected chi connectivity index (χ1v) is 17.8. The van der Waals surface area contributed by atoms with E-state index in [1.54, 1.807) is 18.3 Å². The number of pyridine rings is 2. The van der Waals surface area contributed by atoms with E-state index in [9.17, 15) is 4.39 Å². The summed E-state index contributed by atoms with van der Waals surface area (Å²) in [4.78, 5) is 8.94. The second-order valence-electron chi connectivity index (χ2n) is 12.1. The molecular formula is C38H39FIrN2OSi-2. The summed E-state index contributed by atoms with van der Waals surface area (Å²) >= 11 is 0. The van der Waals surface area contributed by atoms with E-state index in [1.807, 2.05) is 76.4 Å². The van der Waals surface area contributed by atoms with E-state index in [0.29, 0.717) is 27.8 Å². The van der Waals surface area contributed by atoms with Crippen molar-refractivity contribution in [3.8, 4) is 22.5 Å². The van der Waals surface area contributed by atoms with E-state index in [-0.39, 0.29) is 31.5 Å². The van der Waals surface area contributed by atoms with Crippen molar-refractivity contribution in [2.24, 2.45) is 0 Å². The minimum absolute atomic E-state index is 0. The predicted octanol–water partition coefficient (Wildman–Crippen LogP) is 10.2. The Labute approximate surface area is 282 Å². The molecule has 0 bridgehead atoms. The fourth-order valence-electron chi connectivity index (χ4n) is 5.00. The molecule has 0 aliphatic rings. The Morgan fingerprint density at radius 3 is 2.34 bits per heavy atom. The molecule has 1 radical (unpaired) electrons. The molecule has 6 rings (SSSR count). The monoisotopic (exact) mass is 784 g/mol. The third-order valence-corrected chi connectivity index (χ3v) is 9.35. The zero-order chi connectivity index (χ0) is 35.2. The third-order valence-electron chi connectivity index (χ3n) is 7.34. The summed E-state index contributed by atoms with van der Waals surface area (Å²) in [6.45, 7) is 12.0. The normalized spacial score (nSPS) is 14.0. The average molecular weight is 784 g/mol. The van der Waals surface area contributed by atoms with Crippen molar-refractivity contribution < 1.29 is 35.8 Å². The summed E-state index contributed by atoms with van der Waals surface area (Å²) in [6, 6.07) is 25.1. The molecule has 0 saturated heterocycles. The molecule has 6 aromatic rings. The van der Waals surface area contributed by atoms with Crippen molar-refractivity contribution >= 4 is 35.2 Å². The van der Waals surface area contributed by atoms with E-state index in [1.165, 1.54) is 17.3 Å². The Bertz CT molecular complexity index is 2090. The van der Waals surface area contributed by atoms with Crippen LogP contribution in [0.5, 0.6) is 0 Å². The summed E-state index contributed by atoms with van der Waals surface area (Å²) in [6.07, 6.45) is 3.55. The number of aromatic nitrogens is 2. The summed E-state index contributed by atoms with van der Waals surface area (Å²) in [5.74, 6) is -1.83. The Hall–Kier alpha value is -3.44. The molecule has 3 aromatic heterocycles. The van der Waals surface area contributed by atoms with Crippen molar-refractivity contribution in [1.82, 2.24) is 9.97 Å². The predicted molar refractivity (Wildman–Crippen MR) is 180 cm³/mol. The number of hydrogen-bond acceptors (Lipinski definition) is 3. The van der Waals surface area contributed by atoms with Crippen LogP contribution in [0, 0.1) is 24.8 Å². The van der Waals surface area contributed by atoms with E-state index in [2.05, 4.69) is 41.7 Å². The molecule has 0 spiro atoms. The molecule has 44 heavy (non-hydrogen) atoms. The number of aryl methyl sites for hydroxylation is 1. The van der Waals surface area contributed by atoms with Crippen LogP contribution in [0.4, 0.5) is 4.39 Å². The van der Waals surface area contributed by atoms with Crippen LogP contribution >= 0.6 is 0 Å². The number of rotatable bonds is 5. The van der Waals surface area contributed by atoms with Gasteiger partial charge in [0.1, 0.15) is 5.58 Å². The molecule has 3 nitrogen and oxygen atoms in total. The van der Waals surface area contributed by atoms with Crippen molar-refractivity contribution in [3.63, 3.8) is 0 Å². The molecule has 0 unspecified atom stereocenters. The first-order valence-electron chi connectivity index (χ1n) is 16.8. The van der Waals surface area contributed by atoms with E-state index < -0.39 is 26.7 Å². The molecule has 3 heterocycles. The molecule has 0 N–H and O–H groups in total. The maximum Gasteiger partial charge on any atom is 0.121 e. The van der Waals surface area contributed by atoms with E-state index in [4.69, 9.17) is 11.3 Å². The van der Waals surface area contributed by atoms with Gasteiger partial charge in [-0.2, -0.15) is 0 Å². The summed E-state index contributed by atoms with van der Waals surface area (Å²) in [5, 5.41) is 2.36. The Morgan fingerprint density at radius 2 is 1.68 bits per heavy atom. The van der Waals surface area contributed by atoms with Gasteiger partial charge in [-0.1, -0.05) is 101 Å². The van der Waals surface area contributed by atoms with Gasteiger partial charge >= 0.3 is 0 Å². The van der Waals surface area contributed by atoms with Crippen LogP contribution in [-0.4, -0.2) is 18.0 Å². The number of hydrogen-bond donors (Lipinski definition) is 0. The molecule has 0 aliphatic carbocycles. The number of nitrogens with zero attached hydrogens (tertiary/aromatic N) is 2. The molecule has 6 heteroatoms. The summed E-state index contributed by atoms with van der Waals surface area (Å²) in [5.41, 5.74) is 5.85. The quantitative estimate of drug-likeness (QED) is 0.129. The second kappa shape index (κ2) is 13.7. The Balaban J connectivity index is 0.000000216. The van der Waals surface area contributed by atoms with Gasteiger partial charge in [-0.25, -0.2) is 0 Å². The number of benzene rings is 3. The van der Waals surface area contributed by atoms with Gasteiger partial charge in [-0.05, 0) is 45.9 Å². The van der Waals surface area contributed by atoms with Crippen LogP contribution in [0.15, 0.2) is 83.5 Å². The van der Waals surface area contributed by atoms with Gasteiger partial charge in [0.05, 0.1) is 13.7 Å².